The summed E-state index contributed by atoms with van der Waals surface area (Å²) in [5, 5.41) is 3.39. The Morgan fingerprint density at radius 3 is 2.20 bits per heavy atom. The van der Waals surface area contributed by atoms with Gasteiger partial charge in [-0.25, -0.2) is 0 Å². The zero-order valence-electron chi connectivity index (χ0n) is 13.0. The summed E-state index contributed by atoms with van der Waals surface area (Å²) in [6.45, 7) is 10.6. The Kier molecular flexibility index (Phi) is 6.17. The molecule has 0 aliphatic carbocycles. The molecule has 1 atom stereocenters. The van der Waals surface area contributed by atoms with Gasteiger partial charge in [-0.05, 0) is 32.5 Å². The summed E-state index contributed by atoms with van der Waals surface area (Å²) in [4.78, 5) is 14.5. The standard InChI is InChI=1S/C16H27N3O/c1-5-19(6-2)12-16(15(17)20,18-13(3)4)14-10-8-7-9-11-14/h7-11,13,18H,5-6,12H2,1-4H3,(H2,17,20). The fraction of sp³-hybridized carbons (Fsp3) is 0.562. The van der Waals surface area contributed by atoms with Gasteiger partial charge in [0, 0.05) is 12.6 Å². The minimum absolute atomic E-state index is 0.165. The lowest BCUT2D eigenvalue weighted by molar-refractivity contribution is -0.126. The maximum atomic E-state index is 12.3. The van der Waals surface area contributed by atoms with E-state index in [1.54, 1.807) is 0 Å². The molecule has 3 N–H and O–H groups in total. The van der Waals surface area contributed by atoms with Crippen LogP contribution in [-0.2, 0) is 10.3 Å². The van der Waals surface area contributed by atoms with Crippen LogP contribution in [0.3, 0.4) is 0 Å². The predicted octanol–water partition coefficient (Wildman–Crippen LogP) is 1.71. The molecule has 112 valence electrons. The van der Waals surface area contributed by atoms with Gasteiger partial charge in [-0.1, -0.05) is 44.2 Å². The molecule has 0 fully saturated rings. The van der Waals surface area contributed by atoms with Crippen molar-refractivity contribution in [1.29, 1.82) is 0 Å². The van der Waals surface area contributed by atoms with Crippen molar-refractivity contribution in [3.8, 4) is 0 Å². The molecule has 20 heavy (non-hydrogen) atoms. The smallest absolute Gasteiger partial charge is 0.243 e. The molecule has 0 saturated carbocycles. The summed E-state index contributed by atoms with van der Waals surface area (Å²) in [7, 11) is 0. The number of nitrogens with two attached hydrogens (primary N) is 1. The Bertz CT molecular complexity index is 415. The minimum atomic E-state index is -0.846. The van der Waals surface area contributed by atoms with Gasteiger partial charge in [-0.15, -0.1) is 0 Å². The van der Waals surface area contributed by atoms with Gasteiger partial charge in [0.05, 0.1) is 0 Å². The molecule has 0 bridgehead atoms. The zero-order chi connectivity index (χ0) is 15.2. The molecular formula is C16H27N3O. The molecule has 4 nitrogen and oxygen atoms in total. The highest BCUT2D eigenvalue weighted by Gasteiger charge is 2.40. The molecule has 1 aromatic carbocycles. The van der Waals surface area contributed by atoms with Gasteiger partial charge in [0.15, 0.2) is 0 Å². The summed E-state index contributed by atoms with van der Waals surface area (Å²) >= 11 is 0. The number of rotatable bonds is 8. The molecule has 0 spiro atoms. The van der Waals surface area contributed by atoms with E-state index in [0.717, 1.165) is 18.7 Å². The Hall–Kier alpha value is -1.39. The fourth-order valence-corrected chi connectivity index (χ4v) is 2.51. The number of carbonyl (C=O) groups is 1. The van der Waals surface area contributed by atoms with Crippen LogP contribution in [0, 0.1) is 0 Å². The number of benzene rings is 1. The second kappa shape index (κ2) is 7.41. The highest BCUT2D eigenvalue weighted by atomic mass is 16.1. The van der Waals surface area contributed by atoms with Gasteiger partial charge in [0.25, 0.3) is 0 Å². The first-order valence-electron chi connectivity index (χ1n) is 7.31. The number of amides is 1. The van der Waals surface area contributed by atoms with Gasteiger partial charge in [0.2, 0.25) is 5.91 Å². The van der Waals surface area contributed by atoms with Gasteiger partial charge in [0.1, 0.15) is 5.54 Å². The first-order chi connectivity index (χ1) is 9.46. The largest absolute Gasteiger partial charge is 0.368 e. The molecule has 0 aromatic heterocycles. The Morgan fingerprint density at radius 1 is 1.25 bits per heavy atom. The van der Waals surface area contributed by atoms with E-state index in [2.05, 4.69) is 24.1 Å². The topological polar surface area (TPSA) is 58.4 Å². The number of hydrogen-bond donors (Lipinski definition) is 2. The molecule has 1 rings (SSSR count). The second-order valence-electron chi connectivity index (χ2n) is 5.40. The maximum Gasteiger partial charge on any atom is 0.243 e. The van der Waals surface area contributed by atoms with Crippen molar-refractivity contribution in [2.75, 3.05) is 19.6 Å². The van der Waals surface area contributed by atoms with Crippen LogP contribution < -0.4 is 11.1 Å². The van der Waals surface area contributed by atoms with Crippen LogP contribution in [0.15, 0.2) is 30.3 Å². The van der Waals surface area contributed by atoms with Gasteiger partial charge >= 0.3 is 0 Å². The van der Waals surface area contributed by atoms with Crippen molar-refractivity contribution in [3.63, 3.8) is 0 Å². The van der Waals surface area contributed by atoms with Crippen molar-refractivity contribution in [1.82, 2.24) is 10.2 Å². The van der Waals surface area contributed by atoms with Crippen LogP contribution in [0.2, 0.25) is 0 Å². The van der Waals surface area contributed by atoms with Crippen LogP contribution in [0.1, 0.15) is 33.3 Å². The lowest BCUT2D eigenvalue weighted by atomic mass is 9.87. The average molecular weight is 277 g/mol. The molecule has 0 radical (unpaired) electrons. The molecule has 1 amide bonds. The zero-order valence-corrected chi connectivity index (χ0v) is 13.0. The third kappa shape index (κ3) is 3.81. The van der Waals surface area contributed by atoms with E-state index in [9.17, 15) is 4.79 Å². The highest BCUT2D eigenvalue weighted by molar-refractivity contribution is 5.86. The Morgan fingerprint density at radius 2 is 1.80 bits per heavy atom. The number of likely N-dealkylation sites (N-methyl/N-ethyl adjacent to an activating group) is 1. The van der Waals surface area contributed by atoms with Gasteiger partial charge in [-0.2, -0.15) is 0 Å². The van der Waals surface area contributed by atoms with Gasteiger partial charge in [-0.3, -0.25) is 10.1 Å². The van der Waals surface area contributed by atoms with E-state index < -0.39 is 5.54 Å². The van der Waals surface area contributed by atoms with E-state index in [0.29, 0.717) is 6.54 Å². The average Bonchev–Trinajstić information content (AvgIpc) is 2.43. The van der Waals surface area contributed by atoms with Crippen molar-refractivity contribution in [2.45, 2.75) is 39.3 Å². The number of nitrogens with zero attached hydrogens (tertiary/aromatic N) is 1. The molecule has 1 unspecified atom stereocenters. The molecule has 0 aliphatic heterocycles. The SMILES string of the molecule is CCN(CC)CC(NC(C)C)(C(N)=O)c1ccccc1. The van der Waals surface area contributed by atoms with Crippen LogP contribution in [-0.4, -0.2) is 36.5 Å². The van der Waals surface area contributed by atoms with E-state index in [1.165, 1.54) is 0 Å². The molecule has 1 aromatic rings. The van der Waals surface area contributed by atoms with Crippen LogP contribution in [0.5, 0.6) is 0 Å². The lowest BCUT2D eigenvalue weighted by Gasteiger charge is -2.38. The van der Waals surface area contributed by atoms with Crippen molar-refractivity contribution in [3.05, 3.63) is 35.9 Å². The summed E-state index contributed by atoms with van der Waals surface area (Å²) in [5.41, 5.74) is 5.86. The summed E-state index contributed by atoms with van der Waals surface area (Å²) in [5.74, 6) is -0.329. The maximum absolute atomic E-state index is 12.3. The fourth-order valence-electron chi connectivity index (χ4n) is 2.51. The summed E-state index contributed by atoms with van der Waals surface area (Å²) < 4.78 is 0. The van der Waals surface area contributed by atoms with E-state index in [-0.39, 0.29) is 11.9 Å². The molecule has 4 heteroatoms. The summed E-state index contributed by atoms with van der Waals surface area (Å²) in [6, 6.07) is 9.92. The third-order valence-electron chi connectivity index (χ3n) is 3.58. The molecule has 0 heterocycles. The van der Waals surface area contributed by atoms with Crippen molar-refractivity contribution in [2.24, 2.45) is 5.73 Å². The number of primary amides is 1. The van der Waals surface area contributed by atoms with E-state index in [1.807, 2.05) is 44.2 Å². The second-order valence-corrected chi connectivity index (χ2v) is 5.40. The molecular weight excluding hydrogens is 250 g/mol. The monoisotopic (exact) mass is 277 g/mol. The quantitative estimate of drug-likeness (QED) is 0.760. The number of hydrogen-bond acceptors (Lipinski definition) is 3. The van der Waals surface area contributed by atoms with Crippen molar-refractivity contribution < 1.29 is 4.79 Å². The number of nitrogens with one attached hydrogen (secondary N) is 1. The third-order valence-corrected chi connectivity index (χ3v) is 3.58. The normalized spacial score (nSPS) is 14.5. The Labute approximate surface area is 122 Å². The Balaban J connectivity index is 3.24. The summed E-state index contributed by atoms with van der Waals surface area (Å²) in [6.07, 6.45) is 0. The van der Waals surface area contributed by atoms with Crippen molar-refractivity contribution >= 4 is 5.91 Å². The molecule has 0 saturated heterocycles. The van der Waals surface area contributed by atoms with E-state index in [4.69, 9.17) is 5.73 Å². The first kappa shape index (κ1) is 16.7. The van der Waals surface area contributed by atoms with E-state index >= 15 is 0 Å². The van der Waals surface area contributed by atoms with Crippen LogP contribution in [0.25, 0.3) is 0 Å². The first-order valence-corrected chi connectivity index (χ1v) is 7.31. The lowest BCUT2D eigenvalue weighted by Crippen LogP contribution is -2.60. The molecule has 0 aliphatic rings. The number of carbonyl (C=O) groups excluding carboxylic acids is 1. The van der Waals surface area contributed by atoms with Gasteiger partial charge < -0.3 is 10.6 Å². The minimum Gasteiger partial charge on any atom is -0.368 e. The highest BCUT2D eigenvalue weighted by Crippen LogP contribution is 2.23. The van der Waals surface area contributed by atoms with Crippen LogP contribution >= 0.6 is 0 Å². The van der Waals surface area contributed by atoms with Crippen LogP contribution in [0.4, 0.5) is 0 Å². The predicted molar refractivity (Wildman–Crippen MR) is 83.4 cm³/mol.